The molecule has 1 aromatic rings. The van der Waals surface area contributed by atoms with Crippen molar-refractivity contribution < 1.29 is 38.7 Å². The molecule has 51 heavy (non-hydrogen) atoms. The van der Waals surface area contributed by atoms with Gasteiger partial charge in [0.25, 0.3) is 11.8 Å². The molecular weight excluding hydrogens is 675 g/mol. The monoisotopic (exact) mass is 729 g/mol. The summed E-state index contributed by atoms with van der Waals surface area (Å²) in [4.78, 5) is 92.4. The van der Waals surface area contributed by atoms with E-state index < -0.39 is 58.7 Å². The van der Waals surface area contributed by atoms with Crippen LogP contribution in [0, 0.1) is 11.3 Å². The second kappa shape index (κ2) is 18.4. The smallest absolute Gasteiger partial charge is 0.326 e. The molecule has 0 aromatic carbocycles. The topological polar surface area (TPSA) is 182 Å². The first-order chi connectivity index (χ1) is 23.6. The van der Waals surface area contributed by atoms with E-state index in [9.17, 15) is 38.7 Å². The predicted molar refractivity (Wildman–Crippen MR) is 196 cm³/mol. The molecule has 1 aliphatic heterocycles. The van der Waals surface area contributed by atoms with Crippen LogP contribution in [0.5, 0.6) is 0 Å². The number of hydrogen-bond donors (Lipinski definition) is 4. The highest BCUT2D eigenvalue weighted by molar-refractivity contribution is 7.10. The number of amides is 5. The molecule has 4 atom stereocenters. The number of Topliss-reactive ketones (excluding diaryl/α,β-unsaturated/α-hetero) is 1. The zero-order valence-corrected chi connectivity index (χ0v) is 32.3. The van der Waals surface area contributed by atoms with Crippen molar-refractivity contribution in [2.24, 2.45) is 11.3 Å². The lowest BCUT2D eigenvalue weighted by Crippen LogP contribution is -2.61. The van der Waals surface area contributed by atoms with Gasteiger partial charge in [-0.25, -0.2) is 4.79 Å². The standard InChI is InChI=1S/C37H55N5O8S/c1-22(2)26(41(10)34(48)31(36(4,5)6)40-33(47)30(38-9)37(7,8)27-14-12-20-51-27)21-23(3)32(46)39-25(35(49)50)16-15-24(43)13-11-19-42-28(44)17-18-29(42)45/h12,14,17-18,20-22,25-26,30-31,38H,11,13,15-16,19H2,1-10H3,(H,39,46)(H,40,47)(H,49,50)/b23-21+/t25-,26-,30-,31-/m1/s1. The summed E-state index contributed by atoms with van der Waals surface area (Å²) >= 11 is 1.55. The maximum atomic E-state index is 14.1. The molecule has 0 aliphatic carbocycles. The molecule has 5 amide bonds. The summed E-state index contributed by atoms with van der Waals surface area (Å²) in [7, 11) is 3.32. The Morgan fingerprint density at radius 1 is 0.980 bits per heavy atom. The molecule has 0 radical (unpaired) electrons. The van der Waals surface area contributed by atoms with E-state index in [0.29, 0.717) is 0 Å². The molecule has 0 fully saturated rings. The third kappa shape index (κ3) is 11.7. The minimum absolute atomic E-state index is 0.0464. The fourth-order valence-corrected chi connectivity index (χ4v) is 6.84. The first-order valence-corrected chi connectivity index (χ1v) is 18.1. The summed E-state index contributed by atoms with van der Waals surface area (Å²) in [5, 5.41) is 20.3. The lowest BCUT2D eigenvalue weighted by Gasteiger charge is -2.39. The van der Waals surface area contributed by atoms with E-state index in [1.54, 1.807) is 31.5 Å². The van der Waals surface area contributed by atoms with Crippen molar-refractivity contribution >= 4 is 52.6 Å². The number of nitrogens with zero attached hydrogens (tertiary/aromatic N) is 2. The molecular formula is C37H55N5O8S. The summed E-state index contributed by atoms with van der Waals surface area (Å²) in [5.74, 6) is -3.92. The SMILES string of the molecule is CN[C@H](C(=O)N[C@H](C(=O)N(C)[C@H](/C=C(\C)C(=O)N[C@H](CCC(=O)CCCN1C(=O)C=CC1=O)C(=O)O)C(C)C)C(C)(C)C)C(C)(C)c1cccs1. The number of rotatable bonds is 19. The minimum Gasteiger partial charge on any atom is -0.480 e. The van der Waals surface area contributed by atoms with E-state index in [1.165, 1.54) is 11.8 Å². The van der Waals surface area contributed by atoms with Crippen molar-refractivity contribution in [3.05, 3.63) is 46.2 Å². The summed E-state index contributed by atoms with van der Waals surface area (Å²) in [6, 6.07) is 0.446. The number of carboxylic acids is 1. The van der Waals surface area contributed by atoms with Crippen LogP contribution in [0.4, 0.5) is 0 Å². The Labute approximate surface area is 305 Å². The Morgan fingerprint density at radius 2 is 1.59 bits per heavy atom. The van der Waals surface area contributed by atoms with Crippen LogP contribution < -0.4 is 16.0 Å². The van der Waals surface area contributed by atoms with E-state index in [1.807, 2.05) is 66.0 Å². The first kappa shape index (κ1) is 43.0. The number of imide groups is 1. The minimum atomic E-state index is -1.34. The molecule has 1 aliphatic rings. The fraction of sp³-hybridized carbons (Fsp3) is 0.595. The number of thiophene rings is 1. The fourth-order valence-electron chi connectivity index (χ4n) is 5.96. The molecule has 14 heteroatoms. The van der Waals surface area contributed by atoms with Gasteiger partial charge in [-0.1, -0.05) is 60.6 Å². The molecule has 0 bridgehead atoms. The van der Waals surface area contributed by atoms with Gasteiger partial charge in [-0.15, -0.1) is 11.3 Å². The summed E-state index contributed by atoms with van der Waals surface area (Å²) in [5.41, 5.74) is -1.05. The van der Waals surface area contributed by atoms with Gasteiger partial charge in [0.1, 0.15) is 17.9 Å². The van der Waals surface area contributed by atoms with Crippen molar-refractivity contribution in [3.8, 4) is 0 Å². The van der Waals surface area contributed by atoms with Crippen molar-refractivity contribution in [2.45, 2.75) is 111 Å². The molecule has 2 heterocycles. The van der Waals surface area contributed by atoms with Crippen LogP contribution in [-0.4, -0.2) is 101 Å². The molecule has 4 N–H and O–H groups in total. The normalized spacial score (nSPS) is 16.1. The van der Waals surface area contributed by atoms with Gasteiger partial charge in [0.05, 0.1) is 12.1 Å². The van der Waals surface area contributed by atoms with E-state index in [0.717, 1.165) is 21.9 Å². The lowest BCUT2D eigenvalue weighted by atomic mass is 9.80. The van der Waals surface area contributed by atoms with Crippen LogP contribution in [0.2, 0.25) is 0 Å². The van der Waals surface area contributed by atoms with Gasteiger partial charge < -0.3 is 26.0 Å². The zero-order valence-electron chi connectivity index (χ0n) is 31.5. The summed E-state index contributed by atoms with van der Waals surface area (Å²) in [6.45, 7) is 14.9. The Hall–Kier alpha value is -4.17. The molecule has 0 saturated carbocycles. The van der Waals surface area contributed by atoms with Gasteiger partial charge in [0.2, 0.25) is 17.7 Å². The third-order valence-corrected chi connectivity index (χ3v) is 10.3. The molecule has 13 nitrogen and oxygen atoms in total. The number of ketones is 1. The van der Waals surface area contributed by atoms with Crippen LogP contribution in [0.3, 0.4) is 0 Å². The van der Waals surface area contributed by atoms with Crippen LogP contribution in [-0.2, 0) is 39.0 Å². The van der Waals surface area contributed by atoms with Crippen LogP contribution >= 0.6 is 11.3 Å². The highest BCUT2D eigenvalue weighted by atomic mass is 32.1. The number of hydrogen-bond acceptors (Lipinski definition) is 9. The molecule has 2 rings (SSSR count). The van der Waals surface area contributed by atoms with Gasteiger partial charge in [-0.05, 0) is 49.6 Å². The molecule has 0 unspecified atom stereocenters. The number of carbonyl (C=O) groups is 7. The van der Waals surface area contributed by atoms with Gasteiger partial charge in [-0.3, -0.25) is 33.7 Å². The highest BCUT2D eigenvalue weighted by Crippen LogP contribution is 2.32. The van der Waals surface area contributed by atoms with E-state index in [2.05, 4.69) is 16.0 Å². The quantitative estimate of drug-likeness (QED) is 0.123. The van der Waals surface area contributed by atoms with E-state index >= 15 is 0 Å². The lowest BCUT2D eigenvalue weighted by molar-refractivity contribution is -0.142. The van der Waals surface area contributed by atoms with Gasteiger partial charge >= 0.3 is 5.97 Å². The Bertz CT molecular complexity index is 1490. The average Bonchev–Trinajstić information content (AvgIpc) is 3.70. The highest BCUT2D eigenvalue weighted by Gasteiger charge is 2.42. The molecule has 0 saturated heterocycles. The maximum Gasteiger partial charge on any atom is 0.326 e. The van der Waals surface area contributed by atoms with E-state index in [-0.39, 0.29) is 61.3 Å². The predicted octanol–water partition coefficient (Wildman–Crippen LogP) is 3.20. The molecule has 0 spiro atoms. The van der Waals surface area contributed by atoms with Crippen molar-refractivity contribution in [3.63, 3.8) is 0 Å². The largest absolute Gasteiger partial charge is 0.480 e. The van der Waals surface area contributed by atoms with Crippen LogP contribution in [0.25, 0.3) is 0 Å². The number of carbonyl (C=O) groups excluding carboxylic acids is 6. The second-order valence-corrected chi connectivity index (χ2v) is 15.9. The van der Waals surface area contributed by atoms with Crippen LogP contribution in [0.1, 0.15) is 86.0 Å². The number of carboxylic acid groups (broad SMARTS) is 1. The van der Waals surface area contributed by atoms with Gasteiger partial charge in [-0.2, -0.15) is 0 Å². The van der Waals surface area contributed by atoms with Crippen molar-refractivity contribution in [2.75, 3.05) is 20.6 Å². The van der Waals surface area contributed by atoms with Gasteiger partial charge in [0, 0.05) is 54.5 Å². The summed E-state index contributed by atoms with van der Waals surface area (Å²) < 4.78 is 0. The molecule has 1 aromatic heterocycles. The first-order valence-electron chi connectivity index (χ1n) is 17.2. The second-order valence-electron chi connectivity index (χ2n) is 15.0. The van der Waals surface area contributed by atoms with Crippen molar-refractivity contribution in [1.82, 2.24) is 25.8 Å². The van der Waals surface area contributed by atoms with Gasteiger partial charge in [0.15, 0.2) is 0 Å². The van der Waals surface area contributed by atoms with E-state index in [4.69, 9.17) is 0 Å². The number of nitrogens with one attached hydrogen (secondary N) is 3. The average molecular weight is 730 g/mol. The number of aliphatic carboxylic acids is 1. The Morgan fingerprint density at radius 3 is 2.08 bits per heavy atom. The van der Waals surface area contributed by atoms with Crippen LogP contribution in [0.15, 0.2) is 41.3 Å². The van der Waals surface area contributed by atoms with Crippen molar-refractivity contribution in [1.29, 1.82) is 0 Å². The Kier molecular flexibility index (Phi) is 15.5. The number of likely N-dealkylation sites (N-methyl/N-ethyl adjacent to an activating group) is 2. The Balaban J connectivity index is 2.12. The zero-order chi connectivity index (χ0) is 38.8. The summed E-state index contributed by atoms with van der Waals surface area (Å²) in [6.07, 6.45) is 3.96. The maximum absolute atomic E-state index is 14.1. The molecule has 282 valence electrons. The third-order valence-electron chi connectivity index (χ3n) is 9.14.